The summed E-state index contributed by atoms with van der Waals surface area (Å²) in [6.45, 7) is 2.20. The van der Waals surface area contributed by atoms with Crippen LogP contribution in [0.25, 0.3) is 0 Å². The Balaban J connectivity index is 1.94. The molecule has 64 valence electrons. The van der Waals surface area contributed by atoms with Crippen LogP contribution in [-0.4, -0.2) is 10.7 Å². The van der Waals surface area contributed by atoms with Crippen molar-refractivity contribution >= 4 is 0 Å². The van der Waals surface area contributed by atoms with Gasteiger partial charge in [0.2, 0.25) is 0 Å². The zero-order valence-corrected chi connectivity index (χ0v) is 7.34. The third kappa shape index (κ3) is 1.44. The number of hydrogen-bond acceptors (Lipinski definition) is 1. The van der Waals surface area contributed by atoms with Gasteiger partial charge >= 0.3 is 0 Å². The summed E-state index contributed by atoms with van der Waals surface area (Å²) in [5.41, 5.74) is -0.263. The Labute approximate surface area is 68.8 Å². The molecule has 2 atom stereocenters. The molecule has 2 fully saturated rings. The van der Waals surface area contributed by atoms with Gasteiger partial charge < -0.3 is 5.11 Å². The van der Waals surface area contributed by atoms with Crippen LogP contribution in [0.5, 0.6) is 0 Å². The van der Waals surface area contributed by atoms with E-state index in [1.807, 2.05) is 0 Å². The first-order valence-corrected chi connectivity index (χ1v) is 4.93. The average molecular weight is 154 g/mol. The monoisotopic (exact) mass is 154 g/mol. The summed E-state index contributed by atoms with van der Waals surface area (Å²) in [5, 5.41) is 10.2. The van der Waals surface area contributed by atoms with Crippen LogP contribution in [0.4, 0.5) is 0 Å². The molecule has 2 saturated carbocycles. The second-order valence-corrected chi connectivity index (χ2v) is 4.54. The van der Waals surface area contributed by atoms with Crippen LogP contribution in [0.2, 0.25) is 0 Å². The molecule has 1 heteroatoms. The lowest BCUT2D eigenvalue weighted by Crippen LogP contribution is -2.31. The van der Waals surface area contributed by atoms with Gasteiger partial charge in [-0.15, -0.1) is 0 Å². The Morgan fingerprint density at radius 2 is 2.09 bits per heavy atom. The van der Waals surface area contributed by atoms with Gasteiger partial charge in [0.25, 0.3) is 0 Å². The second-order valence-electron chi connectivity index (χ2n) is 4.54. The molecule has 11 heavy (non-hydrogen) atoms. The lowest BCUT2D eigenvalue weighted by Gasteiger charge is -2.27. The van der Waals surface area contributed by atoms with Gasteiger partial charge in [-0.3, -0.25) is 0 Å². The first-order chi connectivity index (χ1) is 5.21. The predicted octanol–water partition coefficient (Wildman–Crippen LogP) is 2.34. The lowest BCUT2D eigenvalue weighted by molar-refractivity contribution is -0.00403. The van der Waals surface area contributed by atoms with E-state index in [-0.39, 0.29) is 5.60 Å². The highest BCUT2D eigenvalue weighted by Gasteiger charge is 2.42. The van der Waals surface area contributed by atoms with Crippen LogP contribution < -0.4 is 0 Å². The van der Waals surface area contributed by atoms with Crippen molar-refractivity contribution in [3.05, 3.63) is 0 Å². The Morgan fingerprint density at radius 3 is 2.55 bits per heavy atom. The molecule has 2 unspecified atom stereocenters. The van der Waals surface area contributed by atoms with Gasteiger partial charge in [0.15, 0.2) is 0 Å². The number of aliphatic hydroxyl groups is 1. The van der Waals surface area contributed by atoms with Crippen LogP contribution in [-0.2, 0) is 0 Å². The van der Waals surface area contributed by atoms with Gasteiger partial charge in [-0.1, -0.05) is 26.2 Å². The Kier molecular flexibility index (Phi) is 1.71. The fourth-order valence-corrected chi connectivity index (χ4v) is 2.35. The van der Waals surface area contributed by atoms with Crippen molar-refractivity contribution in [1.82, 2.24) is 0 Å². The summed E-state index contributed by atoms with van der Waals surface area (Å²) in [4.78, 5) is 0. The SMILES string of the molecule is CC1CCCC1(O)CC1CC1. The van der Waals surface area contributed by atoms with E-state index in [0.29, 0.717) is 5.92 Å². The molecule has 1 N–H and O–H groups in total. The third-order valence-corrected chi connectivity index (χ3v) is 3.50. The van der Waals surface area contributed by atoms with Gasteiger partial charge in [-0.05, 0) is 31.1 Å². The van der Waals surface area contributed by atoms with Crippen molar-refractivity contribution in [2.75, 3.05) is 0 Å². The zero-order valence-electron chi connectivity index (χ0n) is 7.34. The molecular weight excluding hydrogens is 136 g/mol. The first-order valence-electron chi connectivity index (χ1n) is 4.93. The van der Waals surface area contributed by atoms with Crippen LogP contribution in [0.1, 0.15) is 45.4 Å². The van der Waals surface area contributed by atoms with Crippen LogP contribution in [0.15, 0.2) is 0 Å². The van der Waals surface area contributed by atoms with Crippen molar-refractivity contribution in [2.45, 2.75) is 51.0 Å². The topological polar surface area (TPSA) is 20.2 Å². The molecule has 0 aromatic carbocycles. The van der Waals surface area contributed by atoms with Crippen LogP contribution >= 0.6 is 0 Å². The Hall–Kier alpha value is -0.0400. The van der Waals surface area contributed by atoms with E-state index in [1.165, 1.54) is 25.7 Å². The smallest absolute Gasteiger partial charge is 0.0675 e. The summed E-state index contributed by atoms with van der Waals surface area (Å²) in [7, 11) is 0. The molecule has 0 amide bonds. The minimum Gasteiger partial charge on any atom is -0.390 e. The Morgan fingerprint density at radius 1 is 1.36 bits per heavy atom. The molecule has 0 saturated heterocycles. The molecule has 0 bridgehead atoms. The van der Waals surface area contributed by atoms with E-state index in [2.05, 4.69) is 6.92 Å². The standard InChI is InChI=1S/C10H18O/c1-8-3-2-6-10(8,11)7-9-4-5-9/h8-9,11H,2-7H2,1H3. The normalized spacial score (nSPS) is 44.7. The van der Waals surface area contributed by atoms with Crippen molar-refractivity contribution in [1.29, 1.82) is 0 Å². The van der Waals surface area contributed by atoms with Gasteiger partial charge in [-0.2, -0.15) is 0 Å². The molecule has 0 aliphatic heterocycles. The molecule has 0 aromatic rings. The van der Waals surface area contributed by atoms with Crippen molar-refractivity contribution in [3.8, 4) is 0 Å². The first kappa shape index (κ1) is 7.60. The van der Waals surface area contributed by atoms with Crippen LogP contribution in [0.3, 0.4) is 0 Å². The minimum atomic E-state index is -0.263. The summed E-state index contributed by atoms with van der Waals surface area (Å²) in [6.07, 6.45) is 7.37. The predicted molar refractivity (Wildman–Crippen MR) is 45.3 cm³/mol. The summed E-state index contributed by atoms with van der Waals surface area (Å²) >= 11 is 0. The number of hydrogen-bond donors (Lipinski definition) is 1. The molecule has 0 radical (unpaired) electrons. The zero-order chi connectivity index (χ0) is 7.90. The largest absolute Gasteiger partial charge is 0.390 e. The molecule has 1 nitrogen and oxygen atoms in total. The highest BCUT2D eigenvalue weighted by Crippen LogP contribution is 2.45. The minimum absolute atomic E-state index is 0.263. The van der Waals surface area contributed by atoms with E-state index >= 15 is 0 Å². The van der Waals surface area contributed by atoms with E-state index in [4.69, 9.17) is 0 Å². The van der Waals surface area contributed by atoms with Gasteiger partial charge in [0.05, 0.1) is 5.60 Å². The summed E-state index contributed by atoms with van der Waals surface area (Å²) in [6, 6.07) is 0. The maximum absolute atomic E-state index is 10.2. The molecule has 0 aromatic heterocycles. The maximum Gasteiger partial charge on any atom is 0.0675 e. The quantitative estimate of drug-likeness (QED) is 0.647. The fourth-order valence-electron chi connectivity index (χ4n) is 2.35. The Bertz CT molecular complexity index is 151. The fraction of sp³-hybridized carbons (Fsp3) is 1.00. The van der Waals surface area contributed by atoms with E-state index in [1.54, 1.807) is 0 Å². The van der Waals surface area contributed by atoms with Gasteiger partial charge in [-0.25, -0.2) is 0 Å². The summed E-state index contributed by atoms with van der Waals surface area (Å²) < 4.78 is 0. The van der Waals surface area contributed by atoms with Crippen LogP contribution in [0, 0.1) is 11.8 Å². The van der Waals surface area contributed by atoms with Crippen molar-refractivity contribution < 1.29 is 5.11 Å². The van der Waals surface area contributed by atoms with E-state index in [0.717, 1.165) is 18.8 Å². The summed E-state index contributed by atoms with van der Waals surface area (Å²) in [5.74, 6) is 1.43. The van der Waals surface area contributed by atoms with Crippen molar-refractivity contribution in [2.24, 2.45) is 11.8 Å². The maximum atomic E-state index is 10.2. The third-order valence-electron chi connectivity index (χ3n) is 3.50. The van der Waals surface area contributed by atoms with Crippen molar-refractivity contribution in [3.63, 3.8) is 0 Å². The van der Waals surface area contributed by atoms with E-state index in [9.17, 15) is 5.11 Å². The molecule has 0 heterocycles. The molecule has 0 spiro atoms. The molecule has 2 aliphatic rings. The molecular formula is C10H18O. The average Bonchev–Trinajstić information content (AvgIpc) is 2.66. The lowest BCUT2D eigenvalue weighted by atomic mass is 9.87. The highest BCUT2D eigenvalue weighted by molar-refractivity contribution is 4.94. The van der Waals surface area contributed by atoms with Gasteiger partial charge in [0, 0.05) is 0 Å². The molecule has 2 aliphatic carbocycles. The second kappa shape index (κ2) is 2.48. The number of rotatable bonds is 2. The molecule has 2 rings (SSSR count). The van der Waals surface area contributed by atoms with Gasteiger partial charge in [0.1, 0.15) is 0 Å². The highest BCUT2D eigenvalue weighted by atomic mass is 16.3. The van der Waals surface area contributed by atoms with E-state index < -0.39 is 0 Å².